The second-order valence-electron chi connectivity index (χ2n) is 6.56. The van der Waals surface area contributed by atoms with E-state index in [0.29, 0.717) is 19.1 Å². The summed E-state index contributed by atoms with van der Waals surface area (Å²) in [6.07, 6.45) is 2.11. The number of ether oxygens (including phenoxy) is 1. The van der Waals surface area contributed by atoms with Crippen molar-refractivity contribution in [3.63, 3.8) is 0 Å². The third-order valence-corrected chi connectivity index (χ3v) is 4.81. The van der Waals surface area contributed by atoms with E-state index in [9.17, 15) is 5.11 Å². The van der Waals surface area contributed by atoms with Crippen LogP contribution in [0.15, 0.2) is 48.5 Å². The Morgan fingerprint density at radius 1 is 1.12 bits per heavy atom. The number of nitrogens with zero attached hydrogens (tertiary/aromatic N) is 1. The summed E-state index contributed by atoms with van der Waals surface area (Å²) in [5.41, 5.74) is 3.62. The summed E-state index contributed by atoms with van der Waals surface area (Å²) in [5.74, 6) is 1.37. The highest BCUT2D eigenvalue weighted by molar-refractivity contribution is 5.70. The number of para-hydroxylation sites is 2. The fourth-order valence-electron chi connectivity index (χ4n) is 3.36. The van der Waals surface area contributed by atoms with E-state index in [1.54, 1.807) is 0 Å². The highest BCUT2D eigenvalue weighted by Crippen LogP contribution is 2.30. The molecule has 0 bridgehead atoms. The van der Waals surface area contributed by atoms with Crippen LogP contribution in [0.5, 0.6) is 5.75 Å². The van der Waals surface area contributed by atoms with Gasteiger partial charge in [-0.25, -0.2) is 0 Å². The largest absolute Gasteiger partial charge is 0.494 e. The molecule has 3 rings (SSSR count). The second-order valence-corrected chi connectivity index (χ2v) is 6.56. The minimum Gasteiger partial charge on any atom is -0.494 e. The van der Waals surface area contributed by atoms with Gasteiger partial charge in [0.15, 0.2) is 0 Å². The molecule has 4 heteroatoms. The summed E-state index contributed by atoms with van der Waals surface area (Å²) in [7, 11) is 0. The van der Waals surface area contributed by atoms with E-state index in [2.05, 4.69) is 46.6 Å². The van der Waals surface area contributed by atoms with E-state index in [0.717, 1.165) is 43.9 Å². The lowest BCUT2D eigenvalue weighted by atomic mass is 9.97. The average molecular weight is 340 g/mol. The third kappa shape index (κ3) is 4.67. The van der Waals surface area contributed by atoms with Gasteiger partial charge in [0.05, 0.1) is 18.0 Å². The molecule has 4 nitrogen and oxygen atoms in total. The zero-order valence-electron chi connectivity index (χ0n) is 14.9. The SMILES string of the molecule is CCOc1cccc(CNc2ccccc2N2CCC(CO)CC2)c1. The Morgan fingerprint density at radius 3 is 2.68 bits per heavy atom. The maximum atomic E-state index is 9.33. The summed E-state index contributed by atoms with van der Waals surface area (Å²) in [6.45, 7) is 5.77. The lowest BCUT2D eigenvalue weighted by Crippen LogP contribution is -2.35. The Morgan fingerprint density at radius 2 is 1.92 bits per heavy atom. The molecule has 0 atom stereocenters. The second kappa shape index (κ2) is 8.77. The summed E-state index contributed by atoms with van der Waals surface area (Å²) >= 11 is 0. The number of aliphatic hydroxyl groups excluding tert-OH is 1. The molecule has 1 aliphatic heterocycles. The molecule has 2 aromatic carbocycles. The number of aliphatic hydroxyl groups is 1. The smallest absolute Gasteiger partial charge is 0.119 e. The Kier molecular flexibility index (Phi) is 6.18. The predicted octanol–water partition coefficient (Wildman–Crippen LogP) is 3.91. The van der Waals surface area contributed by atoms with Crippen molar-refractivity contribution < 1.29 is 9.84 Å². The first-order valence-electron chi connectivity index (χ1n) is 9.20. The molecule has 0 saturated carbocycles. The van der Waals surface area contributed by atoms with Crippen LogP contribution < -0.4 is 15.0 Å². The highest BCUT2D eigenvalue weighted by atomic mass is 16.5. The maximum absolute atomic E-state index is 9.33. The number of hydrogen-bond donors (Lipinski definition) is 2. The normalized spacial score (nSPS) is 15.2. The third-order valence-electron chi connectivity index (χ3n) is 4.81. The molecular formula is C21H28N2O2. The average Bonchev–Trinajstić information content (AvgIpc) is 2.67. The first-order valence-corrected chi connectivity index (χ1v) is 9.20. The van der Waals surface area contributed by atoms with Crippen LogP contribution in [0.25, 0.3) is 0 Å². The quantitative estimate of drug-likeness (QED) is 0.802. The molecule has 1 fully saturated rings. The fraction of sp³-hybridized carbons (Fsp3) is 0.429. The van der Waals surface area contributed by atoms with E-state index in [4.69, 9.17) is 4.74 Å². The van der Waals surface area contributed by atoms with Gasteiger partial charge >= 0.3 is 0 Å². The Balaban J connectivity index is 1.66. The van der Waals surface area contributed by atoms with Gasteiger partial charge in [0.25, 0.3) is 0 Å². The van der Waals surface area contributed by atoms with Crippen molar-refractivity contribution in [3.05, 3.63) is 54.1 Å². The molecule has 2 N–H and O–H groups in total. The molecule has 0 amide bonds. The number of anilines is 2. The van der Waals surface area contributed by atoms with Gasteiger partial charge in [-0.1, -0.05) is 24.3 Å². The van der Waals surface area contributed by atoms with Crippen LogP contribution in [0.3, 0.4) is 0 Å². The van der Waals surface area contributed by atoms with Crippen molar-refractivity contribution in [2.45, 2.75) is 26.3 Å². The highest BCUT2D eigenvalue weighted by Gasteiger charge is 2.20. The summed E-state index contributed by atoms with van der Waals surface area (Å²) in [6, 6.07) is 16.7. The van der Waals surface area contributed by atoms with Crippen molar-refractivity contribution in [1.82, 2.24) is 0 Å². The van der Waals surface area contributed by atoms with E-state index >= 15 is 0 Å². The lowest BCUT2D eigenvalue weighted by Gasteiger charge is -2.34. The summed E-state index contributed by atoms with van der Waals surface area (Å²) < 4.78 is 5.58. The zero-order chi connectivity index (χ0) is 17.5. The molecule has 0 aromatic heterocycles. The molecule has 2 aromatic rings. The van der Waals surface area contributed by atoms with Crippen LogP contribution in [0.4, 0.5) is 11.4 Å². The topological polar surface area (TPSA) is 44.7 Å². The fourth-order valence-corrected chi connectivity index (χ4v) is 3.36. The van der Waals surface area contributed by atoms with Gasteiger partial charge in [0, 0.05) is 26.2 Å². The van der Waals surface area contributed by atoms with E-state index in [-0.39, 0.29) is 0 Å². The van der Waals surface area contributed by atoms with Crippen LogP contribution in [-0.4, -0.2) is 31.4 Å². The standard InChI is InChI=1S/C21H28N2O2/c1-2-25-19-7-5-6-18(14-19)15-22-20-8-3-4-9-21(20)23-12-10-17(16-24)11-13-23/h3-9,14,17,22,24H,2,10-13,15-16H2,1H3. The van der Waals surface area contributed by atoms with Gasteiger partial charge in [0.2, 0.25) is 0 Å². The molecule has 1 saturated heterocycles. The molecule has 0 spiro atoms. The van der Waals surface area contributed by atoms with Gasteiger partial charge < -0.3 is 20.1 Å². The molecule has 0 unspecified atom stereocenters. The number of rotatable bonds is 7. The maximum Gasteiger partial charge on any atom is 0.119 e. The number of benzene rings is 2. The monoisotopic (exact) mass is 340 g/mol. The number of piperidine rings is 1. The number of hydrogen-bond acceptors (Lipinski definition) is 4. The minimum absolute atomic E-state index is 0.309. The van der Waals surface area contributed by atoms with Crippen molar-refractivity contribution in [1.29, 1.82) is 0 Å². The van der Waals surface area contributed by atoms with Crippen molar-refractivity contribution in [2.24, 2.45) is 5.92 Å². The molecule has 1 heterocycles. The molecule has 1 aliphatic rings. The van der Waals surface area contributed by atoms with E-state index in [1.165, 1.54) is 11.3 Å². The first-order chi connectivity index (χ1) is 12.3. The van der Waals surface area contributed by atoms with Crippen LogP contribution in [0.2, 0.25) is 0 Å². The molecule has 0 aliphatic carbocycles. The molecule has 0 radical (unpaired) electrons. The van der Waals surface area contributed by atoms with Crippen molar-refractivity contribution >= 4 is 11.4 Å². The lowest BCUT2D eigenvalue weighted by molar-refractivity contribution is 0.203. The van der Waals surface area contributed by atoms with Gasteiger partial charge in [-0.05, 0) is 55.5 Å². The number of nitrogens with one attached hydrogen (secondary N) is 1. The summed E-state index contributed by atoms with van der Waals surface area (Å²) in [5, 5.41) is 12.9. The zero-order valence-corrected chi connectivity index (χ0v) is 14.9. The van der Waals surface area contributed by atoms with Gasteiger partial charge in [-0.2, -0.15) is 0 Å². The molecular weight excluding hydrogens is 312 g/mol. The summed E-state index contributed by atoms with van der Waals surface area (Å²) in [4.78, 5) is 2.42. The molecule has 134 valence electrons. The predicted molar refractivity (Wildman–Crippen MR) is 103 cm³/mol. The van der Waals surface area contributed by atoms with Gasteiger partial charge in [0.1, 0.15) is 5.75 Å². The Labute approximate surface area is 150 Å². The van der Waals surface area contributed by atoms with Crippen molar-refractivity contribution in [2.75, 3.05) is 36.5 Å². The van der Waals surface area contributed by atoms with E-state index < -0.39 is 0 Å². The van der Waals surface area contributed by atoms with Crippen LogP contribution in [0.1, 0.15) is 25.3 Å². The Bertz CT molecular complexity index is 666. The molecule has 25 heavy (non-hydrogen) atoms. The van der Waals surface area contributed by atoms with Crippen LogP contribution >= 0.6 is 0 Å². The van der Waals surface area contributed by atoms with Gasteiger partial charge in [-0.15, -0.1) is 0 Å². The van der Waals surface area contributed by atoms with Gasteiger partial charge in [-0.3, -0.25) is 0 Å². The van der Waals surface area contributed by atoms with Crippen LogP contribution in [0, 0.1) is 5.92 Å². The van der Waals surface area contributed by atoms with Crippen molar-refractivity contribution in [3.8, 4) is 5.75 Å². The van der Waals surface area contributed by atoms with E-state index in [1.807, 2.05) is 19.1 Å². The van der Waals surface area contributed by atoms with Crippen LogP contribution in [-0.2, 0) is 6.54 Å². The Hall–Kier alpha value is -2.20. The first kappa shape index (κ1) is 17.6. The minimum atomic E-state index is 0.309.